The lowest BCUT2D eigenvalue weighted by molar-refractivity contribution is 0.181. The molecule has 0 bridgehead atoms. The third kappa shape index (κ3) is 5.10. The molecule has 0 N–H and O–H groups in total. The highest BCUT2D eigenvalue weighted by atomic mass is 35.5. The van der Waals surface area contributed by atoms with Crippen molar-refractivity contribution in [2.24, 2.45) is 5.92 Å². The second kappa shape index (κ2) is 8.72. The van der Waals surface area contributed by atoms with Crippen LogP contribution in [0.5, 0.6) is 0 Å². The van der Waals surface area contributed by atoms with Gasteiger partial charge < -0.3 is 4.90 Å². The molecule has 2 saturated heterocycles. The standard InChI is InChI=1S/C23H28ClFN2/c24-22-5-1-18(2-6-22)15-27-12-9-19(17-27)16-26-13-10-21(11-14-26)20-3-7-23(25)8-4-20/h1-8,19,21H,9-17H2. The molecule has 2 aliphatic heterocycles. The van der Waals surface area contributed by atoms with Crippen molar-refractivity contribution in [3.63, 3.8) is 0 Å². The van der Waals surface area contributed by atoms with E-state index in [9.17, 15) is 4.39 Å². The molecule has 2 heterocycles. The minimum Gasteiger partial charge on any atom is -0.303 e. The molecule has 1 atom stereocenters. The van der Waals surface area contributed by atoms with Crippen molar-refractivity contribution in [1.82, 2.24) is 9.80 Å². The largest absolute Gasteiger partial charge is 0.303 e. The van der Waals surface area contributed by atoms with E-state index in [-0.39, 0.29) is 5.82 Å². The van der Waals surface area contributed by atoms with Crippen molar-refractivity contribution in [2.75, 3.05) is 32.7 Å². The molecule has 0 aliphatic carbocycles. The molecule has 4 rings (SSSR count). The molecular weight excluding hydrogens is 359 g/mol. The van der Waals surface area contributed by atoms with Crippen molar-refractivity contribution in [1.29, 1.82) is 0 Å². The Morgan fingerprint density at radius 2 is 1.52 bits per heavy atom. The lowest BCUT2D eigenvalue weighted by Crippen LogP contribution is -2.37. The van der Waals surface area contributed by atoms with Gasteiger partial charge in [-0.15, -0.1) is 0 Å². The van der Waals surface area contributed by atoms with Crippen LogP contribution in [-0.4, -0.2) is 42.5 Å². The van der Waals surface area contributed by atoms with Gasteiger partial charge in [0.05, 0.1) is 0 Å². The third-order valence-corrected chi connectivity index (χ3v) is 6.39. The molecule has 0 spiro atoms. The third-order valence-electron chi connectivity index (χ3n) is 6.13. The van der Waals surface area contributed by atoms with E-state index in [4.69, 9.17) is 11.6 Å². The van der Waals surface area contributed by atoms with Gasteiger partial charge >= 0.3 is 0 Å². The van der Waals surface area contributed by atoms with Gasteiger partial charge in [-0.2, -0.15) is 0 Å². The zero-order valence-corrected chi connectivity index (χ0v) is 16.5. The van der Waals surface area contributed by atoms with Crippen molar-refractivity contribution < 1.29 is 4.39 Å². The second-order valence-electron chi connectivity index (χ2n) is 8.14. The van der Waals surface area contributed by atoms with Crippen molar-refractivity contribution in [3.05, 3.63) is 70.5 Å². The van der Waals surface area contributed by atoms with Gasteiger partial charge in [0.25, 0.3) is 0 Å². The quantitative estimate of drug-likeness (QED) is 0.698. The molecular formula is C23H28ClFN2. The average molecular weight is 387 g/mol. The smallest absolute Gasteiger partial charge is 0.123 e. The number of likely N-dealkylation sites (tertiary alicyclic amines) is 2. The zero-order chi connectivity index (χ0) is 18.6. The van der Waals surface area contributed by atoms with E-state index in [0.717, 1.165) is 30.6 Å². The SMILES string of the molecule is Fc1ccc(C2CCN(CC3CCN(Cc4ccc(Cl)cc4)C3)CC2)cc1. The van der Waals surface area contributed by atoms with Gasteiger partial charge in [-0.05, 0) is 86.1 Å². The average Bonchev–Trinajstić information content (AvgIpc) is 3.12. The van der Waals surface area contributed by atoms with Gasteiger partial charge in [-0.3, -0.25) is 4.90 Å². The number of nitrogens with zero attached hydrogens (tertiary/aromatic N) is 2. The second-order valence-corrected chi connectivity index (χ2v) is 8.58. The summed E-state index contributed by atoms with van der Waals surface area (Å²) < 4.78 is 13.1. The van der Waals surface area contributed by atoms with Gasteiger partial charge in [-0.25, -0.2) is 4.39 Å². The molecule has 2 aromatic rings. The fourth-order valence-electron chi connectivity index (χ4n) is 4.60. The molecule has 144 valence electrons. The van der Waals surface area contributed by atoms with E-state index in [0.29, 0.717) is 5.92 Å². The Morgan fingerprint density at radius 3 is 2.22 bits per heavy atom. The molecule has 0 amide bonds. The Balaban J connectivity index is 1.21. The van der Waals surface area contributed by atoms with Crippen LogP contribution in [0.1, 0.15) is 36.3 Å². The van der Waals surface area contributed by atoms with Crippen LogP contribution in [-0.2, 0) is 6.54 Å². The van der Waals surface area contributed by atoms with Crippen LogP contribution in [0.3, 0.4) is 0 Å². The van der Waals surface area contributed by atoms with E-state index >= 15 is 0 Å². The summed E-state index contributed by atoms with van der Waals surface area (Å²) in [6.07, 6.45) is 3.67. The van der Waals surface area contributed by atoms with E-state index in [1.807, 2.05) is 24.3 Å². The zero-order valence-electron chi connectivity index (χ0n) is 15.8. The predicted molar refractivity (Wildman–Crippen MR) is 110 cm³/mol. The van der Waals surface area contributed by atoms with Gasteiger partial charge in [-0.1, -0.05) is 35.9 Å². The molecule has 27 heavy (non-hydrogen) atoms. The summed E-state index contributed by atoms with van der Waals surface area (Å²) in [4.78, 5) is 5.20. The lowest BCUT2D eigenvalue weighted by atomic mass is 9.89. The monoisotopic (exact) mass is 386 g/mol. The number of benzene rings is 2. The maximum Gasteiger partial charge on any atom is 0.123 e. The first-order valence-corrected chi connectivity index (χ1v) is 10.5. The number of piperidine rings is 1. The lowest BCUT2D eigenvalue weighted by Gasteiger charge is -2.33. The summed E-state index contributed by atoms with van der Waals surface area (Å²) in [5, 5.41) is 0.807. The summed E-state index contributed by atoms with van der Waals surface area (Å²) in [6, 6.07) is 15.3. The van der Waals surface area contributed by atoms with E-state index < -0.39 is 0 Å². The topological polar surface area (TPSA) is 6.48 Å². The summed E-state index contributed by atoms with van der Waals surface area (Å²) in [5.41, 5.74) is 2.64. The summed E-state index contributed by atoms with van der Waals surface area (Å²) >= 11 is 5.98. The van der Waals surface area contributed by atoms with Crippen LogP contribution >= 0.6 is 11.6 Å². The highest BCUT2D eigenvalue weighted by Crippen LogP contribution is 2.29. The fraction of sp³-hybridized carbons (Fsp3) is 0.478. The molecule has 4 heteroatoms. The van der Waals surface area contributed by atoms with Crippen molar-refractivity contribution in [2.45, 2.75) is 31.7 Å². The van der Waals surface area contributed by atoms with Gasteiger partial charge in [0.2, 0.25) is 0 Å². The highest BCUT2D eigenvalue weighted by Gasteiger charge is 2.27. The molecule has 2 aromatic carbocycles. The molecule has 1 unspecified atom stereocenters. The normalized spacial score (nSPS) is 22.4. The van der Waals surface area contributed by atoms with Crippen LogP contribution in [0.4, 0.5) is 4.39 Å². The van der Waals surface area contributed by atoms with Crippen LogP contribution in [0.2, 0.25) is 5.02 Å². The maximum absolute atomic E-state index is 13.1. The number of hydrogen-bond acceptors (Lipinski definition) is 2. The number of hydrogen-bond donors (Lipinski definition) is 0. The Labute approximate surface area is 166 Å². The summed E-state index contributed by atoms with van der Waals surface area (Å²) in [6.45, 7) is 6.96. The molecule has 0 radical (unpaired) electrons. The Kier molecular flexibility index (Phi) is 6.11. The highest BCUT2D eigenvalue weighted by molar-refractivity contribution is 6.30. The first-order valence-electron chi connectivity index (χ1n) is 10.1. The first kappa shape index (κ1) is 18.9. The van der Waals surface area contributed by atoms with Crippen LogP contribution in [0, 0.1) is 11.7 Å². The summed E-state index contributed by atoms with van der Waals surface area (Å²) in [5.74, 6) is 1.23. The Hall–Kier alpha value is -1.42. The van der Waals surface area contributed by atoms with Gasteiger partial charge in [0.1, 0.15) is 5.82 Å². The van der Waals surface area contributed by atoms with Crippen LogP contribution in [0.25, 0.3) is 0 Å². The predicted octanol–water partition coefficient (Wildman–Crippen LogP) is 5.18. The molecule has 2 fully saturated rings. The van der Waals surface area contributed by atoms with Crippen LogP contribution in [0.15, 0.2) is 48.5 Å². The minimum absolute atomic E-state index is 0.138. The minimum atomic E-state index is -0.138. The van der Waals surface area contributed by atoms with E-state index in [2.05, 4.69) is 21.9 Å². The summed E-state index contributed by atoms with van der Waals surface area (Å²) in [7, 11) is 0. The van der Waals surface area contributed by atoms with Gasteiger partial charge in [0, 0.05) is 24.7 Å². The Bertz CT molecular complexity index is 723. The van der Waals surface area contributed by atoms with Crippen molar-refractivity contribution >= 4 is 11.6 Å². The first-order chi connectivity index (χ1) is 13.2. The molecule has 0 saturated carbocycles. The fourth-order valence-corrected chi connectivity index (χ4v) is 4.73. The van der Waals surface area contributed by atoms with E-state index in [1.54, 1.807) is 12.1 Å². The van der Waals surface area contributed by atoms with Gasteiger partial charge in [0.15, 0.2) is 0 Å². The Morgan fingerprint density at radius 1 is 0.852 bits per heavy atom. The van der Waals surface area contributed by atoms with Crippen LogP contribution < -0.4 is 0 Å². The number of halogens is 2. The van der Waals surface area contributed by atoms with Crippen molar-refractivity contribution in [3.8, 4) is 0 Å². The van der Waals surface area contributed by atoms with E-state index in [1.165, 1.54) is 50.0 Å². The maximum atomic E-state index is 13.1. The molecule has 2 aliphatic rings. The molecule has 2 nitrogen and oxygen atoms in total. The molecule has 0 aromatic heterocycles. The number of rotatable bonds is 5.